The maximum atomic E-state index is 11.4. The van der Waals surface area contributed by atoms with Crippen molar-refractivity contribution in [2.75, 3.05) is 16.8 Å². The molecule has 3 rings (SSSR count). The number of fused-ring (bicyclic) bond motifs is 1. The van der Waals surface area contributed by atoms with Crippen LogP contribution < -0.4 is 10.2 Å². The molecule has 0 fully saturated rings. The van der Waals surface area contributed by atoms with Gasteiger partial charge in [0.1, 0.15) is 6.54 Å². The fourth-order valence-corrected chi connectivity index (χ4v) is 1.84. The molecule has 0 saturated heterocycles. The number of hydrogen-bond donors (Lipinski definition) is 2. The average Bonchev–Trinajstić information content (AvgIpc) is 2.91. The van der Waals surface area contributed by atoms with Crippen molar-refractivity contribution in [1.29, 1.82) is 0 Å². The molecule has 8 heteroatoms. The molecule has 0 unspecified atom stereocenters. The lowest BCUT2D eigenvalue weighted by atomic mass is 10.3. The van der Waals surface area contributed by atoms with E-state index >= 15 is 0 Å². The number of amides is 2. The van der Waals surface area contributed by atoms with Crippen LogP contribution in [0.3, 0.4) is 0 Å². The minimum absolute atomic E-state index is 0.195. The second-order valence-corrected chi connectivity index (χ2v) is 3.91. The Morgan fingerprint density at radius 3 is 2.95 bits per heavy atom. The topological polar surface area (TPSA) is 100 Å². The molecule has 0 radical (unpaired) electrons. The van der Waals surface area contributed by atoms with Gasteiger partial charge in [0, 0.05) is 12.4 Å². The minimum atomic E-state index is -1.22. The van der Waals surface area contributed by atoms with Crippen molar-refractivity contribution in [3.8, 4) is 5.82 Å². The van der Waals surface area contributed by atoms with Crippen LogP contribution in [-0.4, -0.2) is 38.4 Å². The number of pyridine rings is 1. The van der Waals surface area contributed by atoms with E-state index in [1.807, 2.05) is 0 Å². The highest BCUT2D eigenvalue weighted by molar-refractivity contribution is 6.06. The number of rotatable bonds is 1. The second-order valence-electron chi connectivity index (χ2n) is 3.91. The molecule has 3 heterocycles. The van der Waals surface area contributed by atoms with Crippen LogP contribution >= 0.6 is 0 Å². The fraction of sp³-hybridized carbons (Fsp3) is 0.0909. The van der Waals surface area contributed by atoms with Crippen molar-refractivity contribution in [3.05, 3.63) is 30.6 Å². The number of aromatic nitrogens is 3. The third kappa shape index (κ3) is 1.88. The first-order valence-corrected chi connectivity index (χ1v) is 5.46. The molecule has 96 valence electrons. The number of hydrogen-bond acceptors (Lipinski definition) is 4. The van der Waals surface area contributed by atoms with Crippen molar-refractivity contribution in [1.82, 2.24) is 14.8 Å². The van der Waals surface area contributed by atoms with Crippen molar-refractivity contribution in [3.63, 3.8) is 0 Å². The quantitative estimate of drug-likeness (QED) is 0.785. The lowest BCUT2D eigenvalue weighted by molar-refractivity contribution is -0.115. The molecule has 0 saturated carbocycles. The van der Waals surface area contributed by atoms with Gasteiger partial charge in [0.25, 0.3) is 0 Å². The molecule has 2 amide bonds. The number of nitrogens with zero attached hydrogens (tertiary/aromatic N) is 4. The summed E-state index contributed by atoms with van der Waals surface area (Å²) in [4.78, 5) is 27.7. The molecule has 2 N–H and O–H groups in total. The predicted octanol–water partition coefficient (Wildman–Crippen LogP) is 0.704. The third-order valence-corrected chi connectivity index (χ3v) is 2.66. The predicted molar refractivity (Wildman–Crippen MR) is 65.4 cm³/mol. The number of carbonyl (C=O) groups excluding carboxylic acids is 1. The Kier molecular flexibility index (Phi) is 2.41. The first-order chi connectivity index (χ1) is 9.15. The van der Waals surface area contributed by atoms with Crippen LogP contribution in [0.25, 0.3) is 5.82 Å². The summed E-state index contributed by atoms with van der Waals surface area (Å²) >= 11 is 0. The Hall–Kier alpha value is -2.90. The SMILES string of the molecule is O=C1CN(C(=O)O)c2nc(-n3cccn3)ccc2N1. The van der Waals surface area contributed by atoms with Crippen molar-refractivity contribution >= 4 is 23.5 Å². The Morgan fingerprint density at radius 1 is 1.42 bits per heavy atom. The van der Waals surface area contributed by atoms with E-state index in [0.29, 0.717) is 11.5 Å². The van der Waals surface area contributed by atoms with Gasteiger partial charge in [0.2, 0.25) is 5.91 Å². The molecule has 0 atom stereocenters. The largest absolute Gasteiger partial charge is 0.465 e. The summed E-state index contributed by atoms with van der Waals surface area (Å²) in [6.45, 7) is -0.266. The highest BCUT2D eigenvalue weighted by Gasteiger charge is 2.28. The summed E-state index contributed by atoms with van der Waals surface area (Å²) in [6, 6.07) is 4.99. The van der Waals surface area contributed by atoms with Gasteiger partial charge in [0.05, 0.1) is 5.69 Å². The first-order valence-electron chi connectivity index (χ1n) is 5.46. The summed E-state index contributed by atoms with van der Waals surface area (Å²) in [5.74, 6) is 0.287. The lowest BCUT2D eigenvalue weighted by Crippen LogP contribution is -2.42. The second kappa shape index (κ2) is 4.09. The highest BCUT2D eigenvalue weighted by atomic mass is 16.4. The minimum Gasteiger partial charge on any atom is -0.465 e. The number of anilines is 2. The van der Waals surface area contributed by atoms with E-state index in [9.17, 15) is 9.59 Å². The van der Waals surface area contributed by atoms with Crippen LogP contribution in [0.5, 0.6) is 0 Å². The fourth-order valence-electron chi connectivity index (χ4n) is 1.84. The van der Waals surface area contributed by atoms with Crippen molar-refractivity contribution in [2.45, 2.75) is 0 Å². The molecule has 2 aromatic heterocycles. The summed E-state index contributed by atoms with van der Waals surface area (Å²) in [7, 11) is 0. The first kappa shape index (κ1) is 11.2. The standard InChI is InChI=1S/C11H9N5O3/c17-9-6-15(11(18)19)10-7(13-9)2-3-8(14-10)16-5-1-4-12-16/h1-5H,6H2,(H,13,17)(H,18,19). The van der Waals surface area contributed by atoms with Gasteiger partial charge < -0.3 is 10.4 Å². The van der Waals surface area contributed by atoms with Gasteiger partial charge in [-0.05, 0) is 18.2 Å². The molecule has 0 bridgehead atoms. The lowest BCUT2D eigenvalue weighted by Gasteiger charge is -2.25. The summed E-state index contributed by atoms with van der Waals surface area (Å²) in [5.41, 5.74) is 0.370. The Bertz CT molecular complexity index is 652. The van der Waals surface area contributed by atoms with Crippen LogP contribution in [-0.2, 0) is 4.79 Å². The molecule has 19 heavy (non-hydrogen) atoms. The van der Waals surface area contributed by atoms with E-state index in [4.69, 9.17) is 5.11 Å². The van der Waals surface area contributed by atoms with Crippen LogP contribution in [0.1, 0.15) is 0 Å². The molecule has 0 aliphatic carbocycles. The van der Waals surface area contributed by atoms with Gasteiger partial charge in [-0.15, -0.1) is 0 Å². The Morgan fingerprint density at radius 2 is 2.26 bits per heavy atom. The number of nitrogens with one attached hydrogen (secondary N) is 1. The summed E-state index contributed by atoms with van der Waals surface area (Å²) in [6.07, 6.45) is 2.07. The van der Waals surface area contributed by atoms with Gasteiger partial charge in [-0.25, -0.2) is 14.5 Å². The van der Waals surface area contributed by atoms with E-state index in [1.54, 1.807) is 30.6 Å². The zero-order chi connectivity index (χ0) is 13.4. The van der Waals surface area contributed by atoms with Crippen molar-refractivity contribution < 1.29 is 14.7 Å². The Labute approximate surface area is 107 Å². The van der Waals surface area contributed by atoms with Crippen molar-refractivity contribution in [2.24, 2.45) is 0 Å². The highest BCUT2D eigenvalue weighted by Crippen LogP contribution is 2.28. The molecular weight excluding hydrogens is 250 g/mol. The smallest absolute Gasteiger partial charge is 0.413 e. The van der Waals surface area contributed by atoms with E-state index in [-0.39, 0.29) is 18.3 Å². The molecule has 8 nitrogen and oxygen atoms in total. The average molecular weight is 259 g/mol. The van der Waals surface area contributed by atoms with Gasteiger partial charge in [-0.3, -0.25) is 9.69 Å². The molecular formula is C11H9N5O3. The van der Waals surface area contributed by atoms with Crippen LogP contribution in [0.4, 0.5) is 16.3 Å². The zero-order valence-corrected chi connectivity index (χ0v) is 9.65. The van der Waals surface area contributed by atoms with E-state index in [0.717, 1.165) is 4.90 Å². The zero-order valence-electron chi connectivity index (χ0n) is 9.65. The van der Waals surface area contributed by atoms with Gasteiger partial charge >= 0.3 is 6.09 Å². The maximum Gasteiger partial charge on any atom is 0.413 e. The summed E-state index contributed by atoms with van der Waals surface area (Å²) in [5, 5.41) is 15.7. The van der Waals surface area contributed by atoms with E-state index in [1.165, 1.54) is 4.68 Å². The van der Waals surface area contributed by atoms with Crippen LogP contribution in [0, 0.1) is 0 Å². The third-order valence-electron chi connectivity index (χ3n) is 2.66. The number of carboxylic acid groups (broad SMARTS) is 1. The van der Waals surface area contributed by atoms with E-state index in [2.05, 4.69) is 15.4 Å². The maximum absolute atomic E-state index is 11.4. The Balaban J connectivity index is 2.10. The van der Waals surface area contributed by atoms with Gasteiger partial charge in [-0.1, -0.05) is 0 Å². The van der Waals surface area contributed by atoms with Crippen LogP contribution in [0.2, 0.25) is 0 Å². The monoisotopic (exact) mass is 259 g/mol. The van der Waals surface area contributed by atoms with E-state index < -0.39 is 6.09 Å². The molecule has 0 spiro atoms. The molecule has 2 aromatic rings. The molecule has 1 aliphatic rings. The molecule has 1 aliphatic heterocycles. The van der Waals surface area contributed by atoms with Gasteiger partial charge in [-0.2, -0.15) is 5.10 Å². The molecule has 0 aromatic carbocycles. The van der Waals surface area contributed by atoms with Gasteiger partial charge in [0.15, 0.2) is 11.6 Å². The van der Waals surface area contributed by atoms with Crippen LogP contribution in [0.15, 0.2) is 30.6 Å². The normalized spacial score (nSPS) is 13.9. The number of carbonyl (C=O) groups is 2. The summed E-state index contributed by atoms with van der Waals surface area (Å²) < 4.78 is 1.51.